The van der Waals surface area contributed by atoms with Crippen molar-refractivity contribution in [3.63, 3.8) is 0 Å². The highest BCUT2D eigenvalue weighted by Crippen LogP contribution is 2.26. The van der Waals surface area contributed by atoms with Crippen LogP contribution >= 0.6 is 0 Å². The maximum Gasteiger partial charge on any atom is 0.228 e. The Hall–Kier alpha value is -2.21. The average Bonchev–Trinajstić information content (AvgIpc) is 2.97. The van der Waals surface area contributed by atoms with Crippen molar-refractivity contribution in [2.24, 2.45) is 5.73 Å². The molecule has 104 valence electrons. The van der Waals surface area contributed by atoms with Crippen LogP contribution in [0.4, 0.5) is 5.69 Å². The van der Waals surface area contributed by atoms with Crippen LogP contribution in [0.5, 0.6) is 0 Å². The molecule has 1 atom stereocenters. The van der Waals surface area contributed by atoms with E-state index in [1.165, 1.54) is 0 Å². The van der Waals surface area contributed by atoms with Gasteiger partial charge in [0.1, 0.15) is 0 Å². The van der Waals surface area contributed by atoms with Crippen molar-refractivity contribution < 1.29 is 4.79 Å². The number of nitrogens with two attached hydrogens (primary N) is 1. The largest absolute Gasteiger partial charge is 0.326 e. The van der Waals surface area contributed by atoms with E-state index in [-0.39, 0.29) is 11.9 Å². The predicted molar refractivity (Wildman–Crippen MR) is 75.1 cm³/mol. The third kappa shape index (κ3) is 2.55. The number of hydrogen-bond donors (Lipinski definition) is 1. The van der Waals surface area contributed by atoms with Crippen molar-refractivity contribution in [3.05, 3.63) is 42.2 Å². The number of para-hydroxylation sites is 1. The normalized spacial score (nSPS) is 17.9. The third-order valence-corrected chi connectivity index (χ3v) is 3.51. The lowest BCUT2D eigenvalue weighted by Crippen LogP contribution is -2.46. The smallest absolute Gasteiger partial charge is 0.228 e. The molecule has 0 spiro atoms. The number of aromatic nitrogens is 3. The van der Waals surface area contributed by atoms with E-state index in [1.807, 2.05) is 24.3 Å². The molecule has 0 aliphatic carbocycles. The lowest BCUT2D eigenvalue weighted by Gasteiger charge is -2.33. The van der Waals surface area contributed by atoms with Crippen LogP contribution < -0.4 is 10.6 Å². The number of anilines is 1. The molecule has 0 radical (unpaired) electrons. The molecule has 0 saturated heterocycles. The molecule has 1 amide bonds. The first-order valence-electron chi connectivity index (χ1n) is 6.72. The van der Waals surface area contributed by atoms with Gasteiger partial charge in [-0.1, -0.05) is 23.4 Å². The fraction of sp³-hybridized carbons (Fsp3) is 0.357. The third-order valence-electron chi connectivity index (χ3n) is 3.51. The number of nitrogens with zero attached hydrogens (tertiary/aromatic N) is 4. The first-order chi connectivity index (χ1) is 9.74. The first kappa shape index (κ1) is 12.8. The van der Waals surface area contributed by atoms with Crippen molar-refractivity contribution >= 4 is 11.6 Å². The van der Waals surface area contributed by atoms with Crippen molar-refractivity contribution in [2.45, 2.75) is 25.4 Å². The fourth-order valence-corrected chi connectivity index (χ4v) is 2.56. The molecule has 0 bridgehead atoms. The van der Waals surface area contributed by atoms with Crippen LogP contribution in [0.1, 0.15) is 12.0 Å². The quantitative estimate of drug-likeness (QED) is 0.886. The highest BCUT2D eigenvalue weighted by molar-refractivity contribution is 5.94. The van der Waals surface area contributed by atoms with E-state index in [9.17, 15) is 4.79 Å². The van der Waals surface area contributed by atoms with Gasteiger partial charge in [0.2, 0.25) is 5.91 Å². The summed E-state index contributed by atoms with van der Waals surface area (Å²) in [5, 5.41) is 7.59. The number of hydrogen-bond acceptors (Lipinski definition) is 4. The van der Waals surface area contributed by atoms with Crippen LogP contribution in [0.3, 0.4) is 0 Å². The monoisotopic (exact) mass is 271 g/mol. The highest BCUT2D eigenvalue weighted by Gasteiger charge is 2.25. The van der Waals surface area contributed by atoms with E-state index < -0.39 is 0 Å². The molecule has 20 heavy (non-hydrogen) atoms. The summed E-state index contributed by atoms with van der Waals surface area (Å²) < 4.78 is 1.66. The summed E-state index contributed by atoms with van der Waals surface area (Å²) >= 11 is 0. The summed E-state index contributed by atoms with van der Waals surface area (Å²) in [6.45, 7) is 1.11. The molecular weight excluding hydrogens is 254 g/mol. The summed E-state index contributed by atoms with van der Waals surface area (Å²) in [5.74, 6) is 0.0723. The van der Waals surface area contributed by atoms with Gasteiger partial charge in [0.15, 0.2) is 0 Å². The van der Waals surface area contributed by atoms with E-state index >= 15 is 0 Å². The van der Waals surface area contributed by atoms with Gasteiger partial charge in [-0.3, -0.25) is 9.48 Å². The van der Waals surface area contributed by atoms with E-state index in [1.54, 1.807) is 22.0 Å². The zero-order valence-corrected chi connectivity index (χ0v) is 11.1. The van der Waals surface area contributed by atoms with Crippen LogP contribution in [0.25, 0.3) is 0 Å². The second-order valence-electron chi connectivity index (χ2n) is 5.01. The minimum absolute atomic E-state index is 0.000204. The van der Waals surface area contributed by atoms with Gasteiger partial charge in [-0.25, -0.2) is 0 Å². The molecule has 1 aliphatic heterocycles. The van der Waals surface area contributed by atoms with Gasteiger partial charge in [0.05, 0.1) is 12.7 Å². The van der Waals surface area contributed by atoms with Gasteiger partial charge in [0.25, 0.3) is 0 Å². The maximum atomic E-state index is 12.4. The van der Waals surface area contributed by atoms with Crippen molar-refractivity contribution in [3.8, 4) is 0 Å². The second kappa shape index (κ2) is 5.42. The Bertz CT molecular complexity index is 595. The van der Waals surface area contributed by atoms with Crippen molar-refractivity contribution in [2.75, 3.05) is 11.4 Å². The molecule has 3 rings (SSSR count). The summed E-state index contributed by atoms with van der Waals surface area (Å²) in [6.07, 6.45) is 4.58. The van der Waals surface area contributed by atoms with Crippen LogP contribution in [-0.2, 0) is 17.8 Å². The molecule has 2 aromatic rings. The lowest BCUT2D eigenvalue weighted by molar-refractivity contribution is -0.119. The van der Waals surface area contributed by atoms with Gasteiger partial charge >= 0.3 is 0 Å². The van der Waals surface area contributed by atoms with Gasteiger partial charge in [-0.15, -0.1) is 5.10 Å². The number of aryl methyl sites for hydroxylation is 1. The molecule has 0 saturated carbocycles. The standard InChI is InChI=1S/C14H17N5O/c15-12-9-11-3-1-2-4-13(11)19(10-12)14(20)5-7-18-8-6-16-17-18/h1-4,6,8,12H,5,7,9-10,15H2. The van der Waals surface area contributed by atoms with Gasteiger partial charge < -0.3 is 10.6 Å². The zero-order chi connectivity index (χ0) is 13.9. The van der Waals surface area contributed by atoms with Crippen LogP contribution in [0, 0.1) is 0 Å². The van der Waals surface area contributed by atoms with E-state index in [0.29, 0.717) is 19.5 Å². The Kier molecular flexibility index (Phi) is 3.47. The van der Waals surface area contributed by atoms with Gasteiger partial charge in [0, 0.05) is 30.9 Å². The number of rotatable bonds is 3. The van der Waals surface area contributed by atoms with E-state index in [4.69, 9.17) is 5.73 Å². The maximum absolute atomic E-state index is 12.4. The summed E-state index contributed by atoms with van der Waals surface area (Å²) in [5.41, 5.74) is 8.17. The van der Waals surface area contributed by atoms with Gasteiger partial charge in [-0.2, -0.15) is 0 Å². The highest BCUT2D eigenvalue weighted by atomic mass is 16.2. The lowest BCUT2D eigenvalue weighted by atomic mass is 9.98. The van der Waals surface area contributed by atoms with E-state index in [2.05, 4.69) is 10.3 Å². The molecule has 2 heterocycles. The SMILES string of the molecule is NC1Cc2ccccc2N(C(=O)CCn2ccnn2)C1. The zero-order valence-electron chi connectivity index (χ0n) is 11.1. The van der Waals surface area contributed by atoms with Gasteiger partial charge in [-0.05, 0) is 18.1 Å². The predicted octanol–water partition coefficient (Wildman–Crippen LogP) is 0.585. The Morgan fingerprint density at radius 3 is 3.05 bits per heavy atom. The molecule has 6 heteroatoms. The first-order valence-corrected chi connectivity index (χ1v) is 6.72. The van der Waals surface area contributed by atoms with Crippen molar-refractivity contribution in [1.82, 2.24) is 15.0 Å². The number of carbonyl (C=O) groups is 1. The van der Waals surface area contributed by atoms with Crippen LogP contribution in [-0.4, -0.2) is 33.5 Å². The molecule has 1 unspecified atom stereocenters. The molecular formula is C14H17N5O. The number of benzene rings is 1. The molecule has 1 aromatic heterocycles. The summed E-state index contributed by atoms with van der Waals surface area (Å²) in [7, 11) is 0. The molecule has 1 aliphatic rings. The Balaban J connectivity index is 1.74. The topological polar surface area (TPSA) is 77.0 Å². The molecule has 6 nitrogen and oxygen atoms in total. The van der Waals surface area contributed by atoms with Crippen LogP contribution in [0.2, 0.25) is 0 Å². The average molecular weight is 271 g/mol. The van der Waals surface area contributed by atoms with Crippen LogP contribution in [0.15, 0.2) is 36.7 Å². The molecule has 1 aromatic carbocycles. The minimum atomic E-state index is 0.000204. The second-order valence-corrected chi connectivity index (χ2v) is 5.01. The summed E-state index contributed by atoms with van der Waals surface area (Å²) in [4.78, 5) is 14.2. The molecule has 2 N–H and O–H groups in total. The number of carbonyl (C=O) groups excluding carboxylic acids is 1. The Morgan fingerprint density at radius 1 is 1.40 bits per heavy atom. The minimum Gasteiger partial charge on any atom is -0.326 e. The molecule has 0 fully saturated rings. The van der Waals surface area contributed by atoms with Crippen molar-refractivity contribution in [1.29, 1.82) is 0 Å². The number of fused-ring (bicyclic) bond motifs is 1. The summed E-state index contributed by atoms with van der Waals surface area (Å²) in [6, 6.07) is 7.95. The Labute approximate surface area is 117 Å². The Morgan fingerprint density at radius 2 is 2.25 bits per heavy atom. The fourth-order valence-electron chi connectivity index (χ4n) is 2.56. The number of amides is 1. The van der Waals surface area contributed by atoms with E-state index in [0.717, 1.165) is 17.7 Å².